The summed E-state index contributed by atoms with van der Waals surface area (Å²) in [6.07, 6.45) is 1.98. The van der Waals surface area contributed by atoms with Crippen LogP contribution in [0.5, 0.6) is 17.2 Å². The fourth-order valence-electron chi connectivity index (χ4n) is 4.71. The van der Waals surface area contributed by atoms with E-state index < -0.39 is 17.7 Å². The van der Waals surface area contributed by atoms with Gasteiger partial charge in [0.25, 0.3) is 11.7 Å². The molecule has 0 bridgehead atoms. The van der Waals surface area contributed by atoms with Gasteiger partial charge in [-0.1, -0.05) is 33.3 Å². The fraction of sp³-hybridized carbons (Fsp3) is 0.467. The minimum atomic E-state index is -0.772. The molecule has 8 nitrogen and oxygen atoms in total. The van der Waals surface area contributed by atoms with Crippen molar-refractivity contribution in [1.29, 1.82) is 0 Å². The number of aliphatic hydroxyl groups is 1. The summed E-state index contributed by atoms with van der Waals surface area (Å²) in [5.74, 6) is 0.190. The van der Waals surface area contributed by atoms with Gasteiger partial charge in [0.15, 0.2) is 11.5 Å². The van der Waals surface area contributed by atoms with E-state index in [-0.39, 0.29) is 11.3 Å². The second-order valence-electron chi connectivity index (χ2n) is 9.32. The van der Waals surface area contributed by atoms with Crippen LogP contribution < -0.4 is 14.2 Å². The molecule has 38 heavy (non-hydrogen) atoms. The number of aryl methyl sites for hydroxylation is 1. The molecular weight excluding hydrogens is 484 g/mol. The molecule has 0 saturated carbocycles. The maximum absolute atomic E-state index is 13.4. The number of ketones is 1. The molecule has 0 radical (unpaired) electrons. The summed E-state index contributed by atoms with van der Waals surface area (Å²) in [6.45, 7) is 11.3. The summed E-state index contributed by atoms with van der Waals surface area (Å²) in [4.78, 5) is 30.4. The first-order valence-corrected chi connectivity index (χ1v) is 13.3. The number of unbranched alkanes of at least 4 members (excludes halogenated alkanes) is 1. The van der Waals surface area contributed by atoms with Gasteiger partial charge in [0.2, 0.25) is 0 Å². The van der Waals surface area contributed by atoms with Gasteiger partial charge in [-0.05, 0) is 67.9 Å². The monoisotopic (exact) mass is 524 g/mol. The number of carbonyl (C=O) groups is 2. The van der Waals surface area contributed by atoms with Crippen LogP contribution in [0.15, 0.2) is 42.0 Å². The van der Waals surface area contributed by atoms with Crippen molar-refractivity contribution in [3.63, 3.8) is 0 Å². The molecule has 1 saturated heterocycles. The van der Waals surface area contributed by atoms with Crippen LogP contribution in [0.25, 0.3) is 5.76 Å². The number of hydrogen-bond donors (Lipinski definition) is 1. The molecule has 1 N–H and O–H groups in total. The summed E-state index contributed by atoms with van der Waals surface area (Å²) in [6, 6.07) is 9.82. The minimum absolute atomic E-state index is 0.0563. The van der Waals surface area contributed by atoms with E-state index in [1.165, 1.54) is 7.11 Å². The van der Waals surface area contributed by atoms with Crippen LogP contribution in [0, 0.1) is 6.92 Å². The highest BCUT2D eigenvalue weighted by atomic mass is 16.5. The van der Waals surface area contributed by atoms with Crippen LogP contribution in [-0.4, -0.2) is 73.6 Å². The van der Waals surface area contributed by atoms with Crippen molar-refractivity contribution in [2.24, 2.45) is 0 Å². The second-order valence-corrected chi connectivity index (χ2v) is 9.32. The minimum Gasteiger partial charge on any atom is -0.507 e. The summed E-state index contributed by atoms with van der Waals surface area (Å²) in [7, 11) is 3.08. The van der Waals surface area contributed by atoms with Gasteiger partial charge < -0.3 is 29.1 Å². The number of likely N-dealkylation sites (N-methyl/N-ethyl adjacent to an activating group) is 1. The number of nitrogens with zero attached hydrogens (tertiary/aromatic N) is 2. The molecule has 1 unspecified atom stereocenters. The smallest absolute Gasteiger partial charge is 0.295 e. The van der Waals surface area contributed by atoms with E-state index in [4.69, 9.17) is 14.2 Å². The number of Topliss-reactive ketones (excluding diaryl/α,β-unsaturated/α-hetero) is 1. The Morgan fingerprint density at radius 3 is 2.26 bits per heavy atom. The molecule has 0 spiro atoms. The second kappa shape index (κ2) is 13.3. The number of ether oxygens (including phenoxy) is 3. The van der Waals surface area contributed by atoms with Crippen molar-refractivity contribution in [3.05, 3.63) is 58.7 Å². The predicted molar refractivity (Wildman–Crippen MR) is 148 cm³/mol. The van der Waals surface area contributed by atoms with Crippen molar-refractivity contribution in [1.82, 2.24) is 9.80 Å². The summed E-state index contributed by atoms with van der Waals surface area (Å²) < 4.78 is 16.7. The molecule has 1 atom stereocenters. The van der Waals surface area contributed by atoms with E-state index in [1.807, 2.05) is 6.92 Å². The van der Waals surface area contributed by atoms with Crippen LogP contribution >= 0.6 is 0 Å². The lowest BCUT2D eigenvalue weighted by Gasteiger charge is -2.28. The first-order chi connectivity index (χ1) is 18.3. The van der Waals surface area contributed by atoms with Gasteiger partial charge in [0.05, 0.1) is 32.4 Å². The lowest BCUT2D eigenvalue weighted by molar-refractivity contribution is -0.140. The third-order valence-corrected chi connectivity index (χ3v) is 7.02. The van der Waals surface area contributed by atoms with E-state index in [9.17, 15) is 14.7 Å². The molecular formula is C30H40N2O6. The molecule has 2 aromatic rings. The molecule has 1 heterocycles. The number of rotatable bonds is 13. The third-order valence-electron chi connectivity index (χ3n) is 7.02. The molecule has 206 valence electrons. The first kappa shape index (κ1) is 29.0. The summed E-state index contributed by atoms with van der Waals surface area (Å²) in [5.41, 5.74) is 2.00. The first-order valence-electron chi connectivity index (χ1n) is 13.3. The van der Waals surface area contributed by atoms with E-state index in [0.717, 1.165) is 37.2 Å². The average Bonchev–Trinajstić information content (AvgIpc) is 3.18. The van der Waals surface area contributed by atoms with Crippen molar-refractivity contribution in [2.75, 3.05) is 47.0 Å². The molecule has 1 amide bonds. The third kappa shape index (κ3) is 6.13. The number of hydrogen-bond acceptors (Lipinski definition) is 7. The topological polar surface area (TPSA) is 88.5 Å². The van der Waals surface area contributed by atoms with Crippen molar-refractivity contribution >= 4 is 17.4 Å². The average molecular weight is 525 g/mol. The van der Waals surface area contributed by atoms with Crippen LogP contribution in [0.1, 0.15) is 56.3 Å². The molecule has 0 aliphatic carbocycles. The number of benzene rings is 2. The van der Waals surface area contributed by atoms with E-state index in [0.29, 0.717) is 42.3 Å². The quantitative estimate of drug-likeness (QED) is 0.172. The Balaban J connectivity index is 2.10. The van der Waals surface area contributed by atoms with Gasteiger partial charge in [0.1, 0.15) is 11.5 Å². The molecule has 3 rings (SSSR count). The Bertz CT molecular complexity index is 1170. The number of amides is 1. The predicted octanol–water partition coefficient (Wildman–Crippen LogP) is 4.95. The number of likely N-dealkylation sites (tertiary alicyclic amines) is 1. The standard InChI is InChI=1S/C30H40N2O6/c1-7-10-17-38-23-13-12-22(18-20(23)4)28(33)26-27(21-11-14-24(36-5)25(19-21)37-6)32(30(35)29(26)34)16-15-31(8-2)9-3/h11-14,18-19,27,33H,7-10,15-17H2,1-6H3/b28-26+. The zero-order valence-corrected chi connectivity index (χ0v) is 23.4. The molecule has 0 aromatic heterocycles. The van der Waals surface area contributed by atoms with Gasteiger partial charge >= 0.3 is 0 Å². The lowest BCUT2D eigenvalue weighted by Crippen LogP contribution is -2.38. The Labute approximate surface area is 225 Å². The van der Waals surface area contributed by atoms with Gasteiger partial charge in [-0.3, -0.25) is 9.59 Å². The van der Waals surface area contributed by atoms with Crippen molar-refractivity contribution in [2.45, 2.75) is 46.6 Å². The highest BCUT2D eigenvalue weighted by molar-refractivity contribution is 6.46. The molecule has 8 heteroatoms. The normalized spacial score (nSPS) is 16.8. The highest BCUT2D eigenvalue weighted by Crippen LogP contribution is 2.42. The van der Waals surface area contributed by atoms with Gasteiger partial charge in [-0.2, -0.15) is 0 Å². The Morgan fingerprint density at radius 2 is 1.66 bits per heavy atom. The van der Waals surface area contributed by atoms with Crippen molar-refractivity contribution in [3.8, 4) is 17.2 Å². The zero-order valence-electron chi connectivity index (χ0n) is 23.4. The zero-order chi connectivity index (χ0) is 27.8. The van der Waals surface area contributed by atoms with Gasteiger partial charge in [-0.15, -0.1) is 0 Å². The van der Waals surface area contributed by atoms with Gasteiger partial charge in [-0.25, -0.2) is 0 Å². The van der Waals surface area contributed by atoms with E-state index in [1.54, 1.807) is 48.4 Å². The maximum Gasteiger partial charge on any atom is 0.295 e. The van der Waals surface area contributed by atoms with E-state index in [2.05, 4.69) is 25.7 Å². The summed E-state index contributed by atoms with van der Waals surface area (Å²) >= 11 is 0. The highest BCUT2D eigenvalue weighted by Gasteiger charge is 2.46. The van der Waals surface area contributed by atoms with Crippen molar-refractivity contribution < 1.29 is 28.9 Å². The number of aliphatic hydroxyl groups excluding tert-OH is 1. The summed E-state index contributed by atoms with van der Waals surface area (Å²) in [5, 5.41) is 11.5. The Hall–Kier alpha value is -3.52. The van der Waals surface area contributed by atoms with Crippen LogP contribution in [0.3, 0.4) is 0 Å². The largest absolute Gasteiger partial charge is 0.507 e. The molecule has 2 aromatic carbocycles. The van der Waals surface area contributed by atoms with Crippen LogP contribution in [-0.2, 0) is 9.59 Å². The SMILES string of the molecule is CCCCOc1ccc(/C(O)=C2\C(=O)C(=O)N(CCN(CC)CC)C2c2ccc(OC)c(OC)c2)cc1C. The lowest BCUT2D eigenvalue weighted by atomic mass is 9.94. The number of methoxy groups -OCH3 is 2. The molecule has 1 aliphatic rings. The maximum atomic E-state index is 13.4. The molecule has 1 aliphatic heterocycles. The van der Waals surface area contributed by atoms with Crippen LogP contribution in [0.2, 0.25) is 0 Å². The number of carbonyl (C=O) groups excluding carboxylic acids is 2. The van der Waals surface area contributed by atoms with E-state index >= 15 is 0 Å². The molecule has 1 fully saturated rings. The Morgan fingerprint density at radius 1 is 0.974 bits per heavy atom. The fourth-order valence-corrected chi connectivity index (χ4v) is 4.71. The van der Waals surface area contributed by atoms with Gasteiger partial charge in [0, 0.05) is 18.7 Å². The van der Waals surface area contributed by atoms with Crippen LogP contribution in [0.4, 0.5) is 0 Å². The Kier molecular flexibility index (Phi) is 10.2.